The largest absolute Gasteiger partial charge is 0.396 e. The zero-order chi connectivity index (χ0) is 13.8. The van der Waals surface area contributed by atoms with Crippen LogP contribution in [0.4, 0.5) is 11.5 Å². The van der Waals surface area contributed by atoms with E-state index in [1.54, 1.807) is 6.07 Å². The van der Waals surface area contributed by atoms with Crippen molar-refractivity contribution in [2.75, 3.05) is 17.2 Å². The molecule has 0 amide bonds. The van der Waals surface area contributed by atoms with Gasteiger partial charge in [0.05, 0.1) is 5.69 Å². The lowest BCUT2D eigenvalue weighted by Gasteiger charge is -2.31. The van der Waals surface area contributed by atoms with E-state index in [1.165, 1.54) is 25.7 Å². The molecule has 1 aliphatic carbocycles. The second kappa shape index (κ2) is 6.47. The lowest BCUT2D eigenvalue weighted by Crippen LogP contribution is -2.36. The highest BCUT2D eigenvalue weighted by molar-refractivity contribution is 6.29. The van der Waals surface area contributed by atoms with E-state index in [9.17, 15) is 0 Å². The maximum absolute atomic E-state index is 6.10. The molecule has 4 heteroatoms. The van der Waals surface area contributed by atoms with Crippen LogP contribution < -0.4 is 10.6 Å². The Morgan fingerprint density at radius 3 is 2.68 bits per heavy atom. The van der Waals surface area contributed by atoms with E-state index in [0.29, 0.717) is 17.1 Å². The fraction of sp³-hybridized carbons (Fsp3) is 0.667. The monoisotopic (exact) mass is 281 g/mol. The lowest BCUT2D eigenvalue weighted by molar-refractivity contribution is 0.525. The molecule has 2 N–H and O–H groups in total. The normalized spacial score (nSPS) is 16.2. The second-order valence-corrected chi connectivity index (χ2v) is 6.25. The first-order valence-electron chi connectivity index (χ1n) is 7.26. The van der Waals surface area contributed by atoms with E-state index in [0.717, 1.165) is 24.5 Å². The van der Waals surface area contributed by atoms with Gasteiger partial charge < -0.3 is 10.6 Å². The molecule has 1 aromatic heterocycles. The summed E-state index contributed by atoms with van der Waals surface area (Å²) in [6, 6.07) is 4.20. The first kappa shape index (κ1) is 14.4. The Kier molecular flexibility index (Phi) is 4.92. The fourth-order valence-electron chi connectivity index (χ4n) is 2.74. The van der Waals surface area contributed by atoms with Crippen LogP contribution in [0.3, 0.4) is 0 Å². The molecular weight excluding hydrogens is 258 g/mol. The van der Waals surface area contributed by atoms with Gasteiger partial charge in [0.1, 0.15) is 5.15 Å². The van der Waals surface area contributed by atoms with Crippen molar-refractivity contribution in [1.82, 2.24) is 4.98 Å². The minimum Gasteiger partial charge on any atom is -0.396 e. The number of nitrogen functional groups attached to an aromatic ring is 1. The first-order valence-corrected chi connectivity index (χ1v) is 7.64. The summed E-state index contributed by atoms with van der Waals surface area (Å²) < 4.78 is 0. The van der Waals surface area contributed by atoms with Crippen LogP contribution in [0.1, 0.15) is 46.0 Å². The van der Waals surface area contributed by atoms with Crippen LogP contribution in [0.25, 0.3) is 0 Å². The van der Waals surface area contributed by atoms with Gasteiger partial charge in [0, 0.05) is 12.6 Å². The average molecular weight is 282 g/mol. The number of nitrogens with zero attached hydrogens (tertiary/aromatic N) is 2. The highest BCUT2D eigenvalue weighted by atomic mass is 35.5. The third kappa shape index (κ3) is 3.75. The van der Waals surface area contributed by atoms with E-state index < -0.39 is 0 Å². The fourth-order valence-corrected chi connectivity index (χ4v) is 2.88. The van der Waals surface area contributed by atoms with Gasteiger partial charge in [-0.15, -0.1) is 0 Å². The highest BCUT2D eigenvalue weighted by Crippen LogP contribution is 2.31. The van der Waals surface area contributed by atoms with E-state index in [2.05, 4.69) is 23.7 Å². The Morgan fingerprint density at radius 1 is 1.37 bits per heavy atom. The van der Waals surface area contributed by atoms with Crippen molar-refractivity contribution in [3.8, 4) is 0 Å². The van der Waals surface area contributed by atoms with Crippen LogP contribution in [-0.2, 0) is 0 Å². The van der Waals surface area contributed by atoms with Gasteiger partial charge in [-0.05, 0) is 37.3 Å². The minimum atomic E-state index is 0.525. The molecule has 1 aromatic rings. The molecule has 0 unspecified atom stereocenters. The van der Waals surface area contributed by atoms with Crippen LogP contribution in [0, 0.1) is 5.92 Å². The van der Waals surface area contributed by atoms with Gasteiger partial charge in [-0.2, -0.15) is 0 Å². The quantitative estimate of drug-likeness (QED) is 0.826. The first-order chi connectivity index (χ1) is 9.08. The molecule has 106 valence electrons. The van der Waals surface area contributed by atoms with Crippen LogP contribution in [0.2, 0.25) is 5.15 Å². The van der Waals surface area contributed by atoms with E-state index in [-0.39, 0.29) is 0 Å². The zero-order valence-electron chi connectivity index (χ0n) is 11.9. The van der Waals surface area contributed by atoms with Gasteiger partial charge in [0.2, 0.25) is 0 Å². The summed E-state index contributed by atoms with van der Waals surface area (Å²) in [6.45, 7) is 5.52. The van der Waals surface area contributed by atoms with Gasteiger partial charge in [-0.3, -0.25) is 0 Å². The topological polar surface area (TPSA) is 42.2 Å². The maximum Gasteiger partial charge on any atom is 0.153 e. The second-order valence-electron chi connectivity index (χ2n) is 5.86. The number of anilines is 2. The number of rotatable bonds is 5. The molecule has 1 fully saturated rings. The number of pyridine rings is 1. The van der Waals surface area contributed by atoms with Crippen LogP contribution in [0.15, 0.2) is 12.1 Å². The molecule has 1 aliphatic rings. The van der Waals surface area contributed by atoms with Crippen molar-refractivity contribution in [2.45, 2.75) is 52.0 Å². The molecular formula is C15H24ClN3. The molecule has 0 aromatic carbocycles. The number of halogens is 1. The Bertz CT molecular complexity index is 414. The highest BCUT2D eigenvalue weighted by Gasteiger charge is 2.25. The van der Waals surface area contributed by atoms with Crippen LogP contribution in [0.5, 0.6) is 0 Å². The summed E-state index contributed by atoms with van der Waals surface area (Å²) in [4.78, 5) is 6.85. The number of hydrogen-bond acceptors (Lipinski definition) is 3. The third-order valence-corrected chi connectivity index (χ3v) is 4.07. The summed E-state index contributed by atoms with van der Waals surface area (Å²) in [6.07, 6.45) is 6.26. The molecule has 0 bridgehead atoms. The molecule has 0 spiro atoms. The molecule has 0 saturated heterocycles. The zero-order valence-corrected chi connectivity index (χ0v) is 12.7. The van der Waals surface area contributed by atoms with Gasteiger partial charge in [0.15, 0.2) is 5.82 Å². The average Bonchev–Trinajstić information content (AvgIpc) is 2.87. The van der Waals surface area contributed by atoms with E-state index >= 15 is 0 Å². The Balaban J connectivity index is 2.21. The molecule has 0 atom stereocenters. The van der Waals surface area contributed by atoms with Crippen molar-refractivity contribution in [3.63, 3.8) is 0 Å². The van der Waals surface area contributed by atoms with Gasteiger partial charge in [-0.25, -0.2) is 4.98 Å². The number of aromatic nitrogens is 1. The Morgan fingerprint density at radius 2 is 2.05 bits per heavy atom. The van der Waals surface area contributed by atoms with E-state index in [1.807, 2.05) is 6.07 Å². The van der Waals surface area contributed by atoms with Crippen molar-refractivity contribution in [1.29, 1.82) is 0 Å². The van der Waals surface area contributed by atoms with Gasteiger partial charge in [0.25, 0.3) is 0 Å². The van der Waals surface area contributed by atoms with Crippen molar-refractivity contribution in [3.05, 3.63) is 17.3 Å². The van der Waals surface area contributed by atoms with Crippen molar-refractivity contribution in [2.24, 2.45) is 5.92 Å². The summed E-state index contributed by atoms with van der Waals surface area (Å²) in [5.41, 5.74) is 6.84. The number of hydrogen-bond donors (Lipinski definition) is 1. The standard InChI is InChI=1S/C15H24ClN3/c1-11(2)9-10-19(12-5-3-4-6-12)15-13(17)7-8-14(16)18-15/h7-8,11-12H,3-6,9-10,17H2,1-2H3. The third-order valence-electron chi connectivity index (χ3n) is 3.86. The van der Waals surface area contributed by atoms with Crippen LogP contribution in [-0.4, -0.2) is 17.6 Å². The molecule has 3 nitrogen and oxygen atoms in total. The Hall–Kier alpha value is -0.960. The van der Waals surface area contributed by atoms with E-state index in [4.69, 9.17) is 17.3 Å². The molecule has 1 heterocycles. The van der Waals surface area contributed by atoms with Crippen LogP contribution >= 0.6 is 11.6 Å². The predicted octanol–water partition coefficient (Wildman–Crippen LogP) is 4.11. The van der Waals surface area contributed by atoms with Gasteiger partial charge >= 0.3 is 0 Å². The van der Waals surface area contributed by atoms with Crippen molar-refractivity contribution >= 4 is 23.1 Å². The summed E-state index contributed by atoms with van der Waals surface area (Å²) in [7, 11) is 0. The molecule has 19 heavy (non-hydrogen) atoms. The number of nitrogens with two attached hydrogens (primary N) is 1. The summed E-state index contributed by atoms with van der Waals surface area (Å²) in [5, 5.41) is 0.525. The maximum atomic E-state index is 6.10. The van der Waals surface area contributed by atoms with Crippen molar-refractivity contribution < 1.29 is 0 Å². The SMILES string of the molecule is CC(C)CCN(c1nc(Cl)ccc1N)C1CCCC1. The summed E-state index contributed by atoms with van der Waals surface area (Å²) in [5.74, 6) is 1.56. The molecule has 1 saturated carbocycles. The summed E-state index contributed by atoms with van der Waals surface area (Å²) >= 11 is 6.04. The molecule has 0 radical (unpaired) electrons. The van der Waals surface area contributed by atoms with Gasteiger partial charge in [-0.1, -0.05) is 38.3 Å². The minimum absolute atomic E-state index is 0.525. The Labute approximate surface area is 121 Å². The predicted molar refractivity (Wildman–Crippen MR) is 82.7 cm³/mol. The molecule has 0 aliphatic heterocycles. The smallest absolute Gasteiger partial charge is 0.153 e. The molecule has 2 rings (SSSR count). The lowest BCUT2D eigenvalue weighted by atomic mass is 10.1.